The number of carbonyl (C=O) groups excluding carboxylic acids is 1. The van der Waals surface area contributed by atoms with E-state index >= 15 is 0 Å². The number of fused-ring (bicyclic) bond motifs is 1. The minimum Gasteiger partial charge on any atom is -0.348 e. The fraction of sp³-hybridized carbons (Fsp3) is 0.474. The third kappa shape index (κ3) is 4.45. The summed E-state index contributed by atoms with van der Waals surface area (Å²) < 4.78 is 39.5. The quantitative estimate of drug-likeness (QED) is 0.661. The van der Waals surface area contributed by atoms with Gasteiger partial charge in [-0.15, -0.1) is 0 Å². The van der Waals surface area contributed by atoms with Gasteiger partial charge in [-0.2, -0.15) is 18.3 Å². The van der Waals surface area contributed by atoms with Crippen LogP contribution in [0, 0.1) is 0 Å². The summed E-state index contributed by atoms with van der Waals surface area (Å²) >= 11 is 0. The highest BCUT2D eigenvalue weighted by molar-refractivity contribution is 6.04. The Balaban J connectivity index is 1.44. The number of aromatic nitrogens is 5. The van der Waals surface area contributed by atoms with E-state index in [1.807, 2.05) is 0 Å². The Hall–Kier alpha value is -2.95. The number of imidazole rings is 1. The molecule has 0 radical (unpaired) electrons. The van der Waals surface area contributed by atoms with Gasteiger partial charge in [-0.25, -0.2) is 9.97 Å². The van der Waals surface area contributed by atoms with E-state index in [9.17, 15) is 18.0 Å². The smallest absolute Gasteiger partial charge is 0.348 e. The van der Waals surface area contributed by atoms with Gasteiger partial charge in [-0.1, -0.05) is 0 Å². The molecule has 30 heavy (non-hydrogen) atoms. The van der Waals surface area contributed by atoms with Crippen LogP contribution < -0.4 is 5.32 Å². The van der Waals surface area contributed by atoms with Gasteiger partial charge >= 0.3 is 6.18 Å². The van der Waals surface area contributed by atoms with E-state index in [0.717, 1.165) is 5.39 Å². The third-order valence-corrected chi connectivity index (χ3v) is 5.48. The predicted octanol–water partition coefficient (Wildman–Crippen LogP) is 2.68. The molecule has 0 aromatic carbocycles. The topological polar surface area (TPSA) is 91.7 Å². The van der Waals surface area contributed by atoms with E-state index in [1.54, 1.807) is 35.6 Å². The average Bonchev–Trinajstić information content (AvgIpc) is 3.38. The van der Waals surface area contributed by atoms with Gasteiger partial charge in [0, 0.05) is 29.9 Å². The summed E-state index contributed by atoms with van der Waals surface area (Å²) in [5.74, 6) is 0.211. The zero-order chi connectivity index (χ0) is 21.3. The molecule has 1 aliphatic rings. The van der Waals surface area contributed by atoms with Gasteiger partial charge in [-0.3, -0.25) is 19.4 Å². The number of hydrogen-bond acceptors (Lipinski definition) is 5. The van der Waals surface area contributed by atoms with Crippen LogP contribution in [0.1, 0.15) is 36.2 Å². The molecule has 0 unspecified atom stereocenters. The lowest BCUT2D eigenvalue weighted by Gasteiger charge is -2.35. The molecule has 0 saturated heterocycles. The fourth-order valence-corrected chi connectivity index (χ4v) is 3.95. The summed E-state index contributed by atoms with van der Waals surface area (Å²) in [6.45, 7) is -0.919. The Kier molecular flexibility index (Phi) is 5.46. The Labute approximate surface area is 170 Å². The van der Waals surface area contributed by atoms with Crippen LogP contribution in [0.3, 0.4) is 0 Å². The molecule has 3 aromatic heterocycles. The minimum absolute atomic E-state index is 0.107. The van der Waals surface area contributed by atoms with E-state index in [2.05, 4.69) is 25.5 Å². The van der Waals surface area contributed by atoms with Crippen LogP contribution in [-0.4, -0.2) is 67.4 Å². The van der Waals surface area contributed by atoms with Crippen LogP contribution in [0.4, 0.5) is 13.2 Å². The maximum atomic E-state index is 12.9. The average molecular weight is 421 g/mol. The van der Waals surface area contributed by atoms with Gasteiger partial charge in [0.15, 0.2) is 5.69 Å². The van der Waals surface area contributed by atoms with E-state index in [1.165, 1.54) is 11.9 Å². The Morgan fingerprint density at radius 3 is 2.77 bits per heavy atom. The first-order valence-electron chi connectivity index (χ1n) is 9.70. The molecule has 8 nitrogen and oxygen atoms in total. The number of amides is 1. The van der Waals surface area contributed by atoms with Crippen molar-refractivity contribution >= 4 is 16.8 Å². The summed E-state index contributed by atoms with van der Waals surface area (Å²) in [5, 5.41) is 10.5. The van der Waals surface area contributed by atoms with E-state index in [-0.39, 0.29) is 23.7 Å². The molecule has 4 rings (SSSR count). The first kappa shape index (κ1) is 20.3. The van der Waals surface area contributed by atoms with Gasteiger partial charge in [0.25, 0.3) is 5.91 Å². The van der Waals surface area contributed by atoms with E-state index in [4.69, 9.17) is 0 Å². The first-order valence-corrected chi connectivity index (χ1v) is 9.70. The molecule has 2 N–H and O–H groups in total. The second-order valence-electron chi connectivity index (χ2n) is 7.64. The molecule has 0 bridgehead atoms. The zero-order valence-electron chi connectivity index (χ0n) is 16.4. The number of rotatable bonds is 5. The van der Waals surface area contributed by atoms with Crippen LogP contribution in [-0.2, 0) is 0 Å². The molecule has 3 heterocycles. The number of pyridine rings is 1. The number of aromatic amines is 1. The van der Waals surface area contributed by atoms with Crippen molar-refractivity contribution in [1.82, 2.24) is 34.9 Å². The molecule has 160 valence electrons. The fourth-order valence-electron chi connectivity index (χ4n) is 3.95. The molecule has 1 aliphatic carbocycles. The number of nitrogens with one attached hydrogen (secondary N) is 2. The summed E-state index contributed by atoms with van der Waals surface area (Å²) in [5.41, 5.74) is 0.764. The van der Waals surface area contributed by atoms with Crippen molar-refractivity contribution in [2.45, 2.75) is 43.9 Å². The molecular weight excluding hydrogens is 399 g/mol. The summed E-state index contributed by atoms with van der Waals surface area (Å²) in [6, 6.07) is 1.56. The maximum absolute atomic E-state index is 12.9. The molecule has 1 amide bonds. The Morgan fingerprint density at radius 2 is 2.10 bits per heavy atom. The van der Waals surface area contributed by atoms with Crippen LogP contribution in [0.15, 0.2) is 31.0 Å². The Bertz CT molecular complexity index is 1010. The van der Waals surface area contributed by atoms with Crippen LogP contribution in [0.25, 0.3) is 16.7 Å². The second-order valence-corrected chi connectivity index (χ2v) is 7.64. The lowest BCUT2D eigenvalue weighted by molar-refractivity contribution is -0.148. The second kappa shape index (κ2) is 8.05. The molecule has 1 fully saturated rings. The number of halogens is 3. The summed E-state index contributed by atoms with van der Waals surface area (Å²) in [7, 11) is 1.50. The van der Waals surface area contributed by atoms with Crippen LogP contribution >= 0.6 is 0 Å². The van der Waals surface area contributed by atoms with E-state index < -0.39 is 12.7 Å². The van der Waals surface area contributed by atoms with Gasteiger partial charge in [0.05, 0.1) is 18.3 Å². The van der Waals surface area contributed by atoms with Crippen molar-refractivity contribution in [2.75, 3.05) is 13.6 Å². The number of H-pyrrole nitrogens is 1. The molecule has 1 saturated carbocycles. The van der Waals surface area contributed by atoms with Crippen LogP contribution in [0.2, 0.25) is 0 Å². The van der Waals surface area contributed by atoms with E-state index in [0.29, 0.717) is 37.0 Å². The maximum Gasteiger partial charge on any atom is 0.401 e. The lowest BCUT2D eigenvalue weighted by atomic mass is 9.90. The Morgan fingerprint density at radius 1 is 1.33 bits per heavy atom. The SMILES string of the molecule is CN(CC(F)(F)F)[C@H]1CC[C@H](NC(=O)c2nc(-n3ccnc3)cc3cn[nH]c23)CC1. The number of carbonyl (C=O) groups is 1. The minimum atomic E-state index is -4.21. The largest absolute Gasteiger partial charge is 0.401 e. The van der Waals surface area contributed by atoms with Crippen LogP contribution in [0.5, 0.6) is 0 Å². The number of nitrogens with zero attached hydrogens (tertiary/aromatic N) is 5. The highest BCUT2D eigenvalue weighted by Crippen LogP contribution is 2.26. The van der Waals surface area contributed by atoms with Crippen molar-refractivity contribution in [3.63, 3.8) is 0 Å². The molecule has 0 atom stereocenters. The third-order valence-electron chi connectivity index (χ3n) is 5.48. The van der Waals surface area contributed by atoms with Gasteiger partial charge in [0.1, 0.15) is 12.1 Å². The first-order chi connectivity index (χ1) is 14.3. The van der Waals surface area contributed by atoms with Crippen molar-refractivity contribution in [3.05, 3.63) is 36.7 Å². The summed E-state index contributed by atoms with van der Waals surface area (Å²) in [4.78, 5) is 22.8. The highest BCUT2D eigenvalue weighted by Gasteiger charge is 2.34. The normalized spacial score (nSPS) is 20.0. The standard InChI is InChI=1S/C19H22F3N7O/c1-28(10-19(20,21)22)14-4-2-13(3-5-14)25-18(30)17-16-12(9-24-27-16)8-15(26-17)29-7-6-23-11-29/h6-9,11,13-14H,2-5,10H2,1H3,(H,24,27)(H,25,30)/t13-,14-. The van der Waals surface area contributed by atoms with Gasteiger partial charge in [-0.05, 0) is 38.8 Å². The van der Waals surface area contributed by atoms with Crippen molar-refractivity contribution < 1.29 is 18.0 Å². The van der Waals surface area contributed by atoms with Crippen molar-refractivity contribution in [2.24, 2.45) is 0 Å². The van der Waals surface area contributed by atoms with Gasteiger partial charge < -0.3 is 5.32 Å². The van der Waals surface area contributed by atoms with Crippen molar-refractivity contribution in [3.8, 4) is 5.82 Å². The van der Waals surface area contributed by atoms with Gasteiger partial charge in [0.2, 0.25) is 0 Å². The molecule has 0 spiro atoms. The number of alkyl halides is 3. The monoisotopic (exact) mass is 421 g/mol. The van der Waals surface area contributed by atoms with Crippen molar-refractivity contribution in [1.29, 1.82) is 0 Å². The lowest BCUT2D eigenvalue weighted by Crippen LogP contribution is -2.45. The molecule has 11 heteroatoms. The molecular formula is C19H22F3N7O. The zero-order valence-corrected chi connectivity index (χ0v) is 16.4. The highest BCUT2D eigenvalue weighted by atomic mass is 19.4. The summed E-state index contributed by atoms with van der Waals surface area (Å²) in [6.07, 6.45) is 4.78. The molecule has 0 aliphatic heterocycles. The predicted molar refractivity (Wildman–Crippen MR) is 103 cm³/mol. The number of hydrogen-bond donors (Lipinski definition) is 2. The molecule has 3 aromatic rings.